The number of hydrogen-bond acceptors (Lipinski definition) is 6. The van der Waals surface area contributed by atoms with Crippen LogP contribution >= 0.6 is 0 Å². The number of likely N-dealkylation sites (N-methyl/N-ethyl adjacent to an activating group) is 1. The number of aromatic nitrogens is 4. The maximum absolute atomic E-state index is 4.72. The van der Waals surface area contributed by atoms with Crippen LogP contribution in [0.3, 0.4) is 0 Å². The molecule has 0 radical (unpaired) electrons. The van der Waals surface area contributed by atoms with Gasteiger partial charge < -0.3 is 15.1 Å². The van der Waals surface area contributed by atoms with Gasteiger partial charge in [-0.2, -0.15) is 15.1 Å². The van der Waals surface area contributed by atoms with Crippen LogP contribution in [0.2, 0.25) is 0 Å². The zero-order chi connectivity index (χ0) is 14.8. The molecule has 3 heterocycles. The summed E-state index contributed by atoms with van der Waals surface area (Å²) in [6.07, 6.45) is 2.86. The SMILES string of the molecule is CCCNc1nc(N2CCN(C)C(C)C2)c2cn[nH]c2n1. The summed E-state index contributed by atoms with van der Waals surface area (Å²) in [6.45, 7) is 8.24. The summed E-state index contributed by atoms with van der Waals surface area (Å²) < 4.78 is 0. The lowest BCUT2D eigenvalue weighted by molar-refractivity contribution is 0.233. The van der Waals surface area contributed by atoms with Crippen LogP contribution in [0.15, 0.2) is 6.20 Å². The normalized spacial score (nSPS) is 20.1. The Morgan fingerprint density at radius 1 is 1.38 bits per heavy atom. The minimum atomic E-state index is 0.516. The molecule has 0 spiro atoms. The predicted molar refractivity (Wildman–Crippen MR) is 84.8 cm³/mol. The third-order valence-corrected chi connectivity index (χ3v) is 4.08. The Morgan fingerprint density at radius 3 is 3.00 bits per heavy atom. The van der Waals surface area contributed by atoms with Crippen molar-refractivity contribution in [3.63, 3.8) is 0 Å². The Bertz CT molecular complexity index is 608. The molecule has 2 aromatic rings. The van der Waals surface area contributed by atoms with E-state index in [1.807, 2.05) is 6.20 Å². The van der Waals surface area contributed by atoms with Gasteiger partial charge in [-0.1, -0.05) is 6.92 Å². The average Bonchev–Trinajstić information content (AvgIpc) is 2.95. The molecular formula is C14H23N7. The highest BCUT2D eigenvalue weighted by Crippen LogP contribution is 2.25. The van der Waals surface area contributed by atoms with E-state index in [1.165, 1.54) is 0 Å². The van der Waals surface area contributed by atoms with Crippen LogP contribution in [0.4, 0.5) is 11.8 Å². The molecule has 21 heavy (non-hydrogen) atoms. The van der Waals surface area contributed by atoms with Crippen LogP contribution in [-0.4, -0.2) is 64.3 Å². The smallest absolute Gasteiger partial charge is 0.226 e. The first-order valence-electron chi connectivity index (χ1n) is 7.59. The molecule has 2 aromatic heterocycles. The summed E-state index contributed by atoms with van der Waals surface area (Å²) in [5.41, 5.74) is 0.796. The van der Waals surface area contributed by atoms with Crippen LogP contribution in [0, 0.1) is 0 Å². The van der Waals surface area contributed by atoms with Crippen molar-refractivity contribution in [2.24, 2.45) is 0 Å². The van der Waals surface area contributed by atoms with Gasteiger partial charge in [0.15, 0.2) is 5.65 Å². The highest BCUT2D eigenvalue weighted by Gasteiger charge is 2.24. The maximum atomic E-state index is 4.72. The van der Waals surface area contributed by atoms with Crippen LogP contribution in [0.5, 0.6) is 0 Å². The van der Waals surface area contributed by atoms with Gasteiger partial charge >= 0.3 is 0 Å². The first kappa shape index (κ1) is 14.1. The molecule has 1 aliphatic rings. The van der Waals surface area contributed by atoms with Gasteiger partial charge in [0, 0.05) is 32.2 Å². The van der Waals surface area contributed by atoms with Crippen molar-refractivity contribution in [3.05, 3.63) is 6.20 Å². The van der Waals surface area contributed by atoms with E-state index in [0.29, 0.717) is 12.0 Å². The molecule has 114 valence electrons. The summed E-state index contributed by atoms with van der Waals surface area (Å²) in [7, 11) is 2.17. The Balaban J connectivity index is 1.94. The molecule has 0 aromatic carbocycles. The van der Waals surface area contributed by atoms with Crippen molar-refractivity contribution in [1.29, 1.82) is 0 Å². The van der Waals surface area contributed by atoms with E-state index >= 15 is 0 Å². The number of H-pyrrole nitrogens is 1. The van der Waals surface area contributed by atoms with Crippen molar-refractivity contribution in [2.45, 2.75) is 26.3 Å². The van der Waals surface area contributed by atoms with Crippen molar-refractivity contribution < 1.29 is 0 Å². The van der Waals surface area contributed by atoms with E-state index in [2.05, 4.69) is 51.2 Å². The van der Waals surface area contributed by atoms with Gasteiger partial charge in [0.2, 0.25) is 5.95 Å². The Kier molecular flexibility index (Phi) is 3.92. The molecule has 0 amide bonds. The molecule has 1 fully saturated rings. The highest BCUT2D eigenvalue weighted by atomic mass is 15.3. The number of nitrogens with one attached hydrogen (secondary N) is 2. The van der Waals surface area contributed by atoms with Gasteiger partial charge in [-0.25, -0.2) is 0 Å². The number of anilines is 2. The topological polar surface area (TPSA) is 73.0 Å². The summed E-state index contributed by atoms with van der Waals surface area (Å²) in [6, 6.07) is 0.516. The summed E-state index contributed by atoms with van der Waals surface area (Å²) in [4.78, 5) is 13.9. The molecule has 7 heteroatoms. The zero-order valence-corrected chi connectivity index (χ0v) is 12.9. The van der Waals surface area contributed by atoms with E-state index in [9.17, 15) is 0 Å². The lowest BCUT2D eigenvalue weighted by Crippen LogP contribution is -2.50. The fraction of sp³-hybridized carbons (Fsp3) is 0.643. The van der Waals surface area contributed by atoms with E-state index < -0.39 is 0 Å². The van der Waals surface area contributed by atoms with E-state index in [4.69, 9.17) is 4.98 Å². The summed E-state index contributed by atoms with van der Waals surface area (Å²) in [5, 5.41) is 11.3. The van der Waals surface area contributed by atoms with E-state index in [1.54, 1.807) is 0 Å². The fourth-order valence-electron chi connectivity index (χ4n) is 2.62. The van der Waals surface area contributed by atoms with Crippen molar-refractivity contribution >= 4 is 22.8 Å². The molecule has 1 atom stereocenters. The quantitative estimate of drug-likeness (QED) is 0.884. The highest BCUT2D eigenvalue weighted by molar-refractivity contribution is 5.87. The number of nitrogens with zero attached hydrogens (tertiary/aromatic N) is 5. The van der Waals surface area contributed by atoms with Gasteiger partial charge in [-0.05, 0) is 20.4 Å². The van der Waals surface area contributed by atoms with Crippen LogP contribution in [-0.2, 0) is 0 Å². The second-order valence-electron chi connectivity index (χ2n) is 5.71. The third-order valence-electron chi connectivity index (χ3n) is 4.08. The molecule has 0 aliphatic carbocycles. The van der Waals surface area contributed by atoms with Gasteiger partial charge in [-0.15, -0.1) is 0 Å². The molecule has 7 nitrogen and oxygen atoms in total. The number of aromatic amines is 1. The van der Waals surface area contributed by atoms with E-state index in [-0.39, 0.29) is 0 Å². The molecule has 0 bridgehead atoms. The number of fused-ring (bicyclic) bond motifs is 1. The molecule has 1 unspecified atom stereocenters. The fourth-order valence-corrected chi connectivity index (χ4v) is 2.62. The summed E-state index contributed by atoms with van der Waals surface area (Å²) >= 11 is 0. The van der Waals surface area contributed by atoms with Crippen LogP contribution in [0.1, 0.15) is 20.3 Å². The van der Waals surface area contributed by atoms with Crippen LogP contribution < -0.4 is 10.2 Å². The average molecular weight is 289 g/mol. The molecule has 1 aliphatic heterocycles. The van der Waals surface area contributed by atoms with Crippen LogP contribution in [0.25, 0.3) is 11.0 Å². The van der Waals surface area contributed by atoms with Gasteiger partial charge in [0.05, 0.1) is 11.6 Å². The van der Waals surface area contributed by atoms with E-state index in [0.717, 1.165) is 49.5 Å². The maximum Gasteiger partial charge on any atom is 0.226 e. The van der Waals surface area contributed by atoms with Crippen molar-refractivity contribution in [3.8, 4) is 0 Å². The van der Waals surface area contributed by atoms with Crippen molar-refractivity contribution in [1.82, 2.24) is 25.1 Å². The van der Waals surface area contributed by atoms with Gasteiger partial charge in [0.25, 0.3) is 0 Å². The lowest BCUT2D eigenvalue weighted by atomic mass is 10.2. The zero-order valence-electron chi connectivity index (χ0n) is 12.9. The third kappa shape index (κ3) is 2.78. The van der Waals surface area contributed by atoms with Gasteiger partial charge in [-0.3, -0.25) is 5.10 Å². The minimum Gasteiger partial charge on any atom is -0.354 e. The number of piperazine rings is 1. The first-order chi connectivity index (χ1) is 10.2. The number of rotatable bonds is 4. The second kappa shape index (κ2) is 5.85. The number of hydrogen-bond donors (Lipinski definition) is 2. The van der Waals surface area contributed by atoms with Crippen molar-refractivity contribution in [2.75, 3.05) is 43.4 Å². The molecular weight excluding hydrogens is 266 g/mol. The first-order valence-corrected chi connectivity index (χ1v) is 7.59. The Labute approximate surface area is 124 Å². The van der Waals surface area contributed by atoms with Gasteiger partial charge in [0.1, 0.15) is 5.82 Å². The molecule has 2 N–H and O–H groups in total. The standard InChI is InChI=1S/C14H23N7/c1-4-5-15-14-17-12-11(8-16-19-12)13(18-14)21-7-6-20(3)10(2)9-21/h8,10H,4-7,9H2,1-3H3,(H2,15,16,17,18,19). The predicted octanol–water partition coefficient (Wildman–Crippen LogP) is 1.32. The Morgan fingerprint density at radius 2 is 2.24 bits per heavy atom. The summed E-state index contributed by atoms with van der Waals surface area (Å²) in [5.74, 6) is 1.66. The Hall–Kier alpha value is -1.89. The molecule has 0 saturated carbocycles. The molecule has 1 saturated heterocycles. The molecule has 3 rings (SSSR count). The monoisotopic (exact) mass is 289 g/mol. The largest absolute Gasteiger partial charge is 0.354 e. The lowest BCUT2D eigenvalue weighted by Gasteiger charge is -2.38. The second-order valence-corrected chi connectivity index (χ2v) is 5.71. The minimum absolute atomic E-state index is 0.516.